The lowest BCUT2D eigenvalue weighted by Gasteiger charge is -2.34. The predicted octanol–water partition coefficient (Wildman–Crippen LogP) is 3.29. The van der Waals surface area contributed by atoms with Gasteiger partial charge in [-0.05, 0) is 38.2 Å². The lowest BCUT2D eigenvalue weighted by atomic mass is 9.71. The van der Waals surface area contributed by atoms with Crippen molar-refractivity contribution in [1.82, 2.24) is 9.78 Å². The van der Waals surface area contributed by atoms with Crippen LogP contribution in [0.5, 0.6) is 0 Å². The van der Waals surface area contributed by atoms with Crippen LogP contribution >= 0.6 is 0 Å². The summed E-state index contributed by atoms with van der Waals surface area (Å²) in [4.78, 5) is 11.5. The van der Waals surface area contributed by atoms with Crippen LogP contribution in [-0.2, 0) is 11.3 Å². The Labute approximate surface area is 114 Å². The van der Waals surface area contributed by atoms with Gasteiger partial charge in [0, 0.05) is 24.4 Å². The summed E-state index contributed by atoms with van der Waals surface area (Å²) in [7, 11) is 0. The maximum absolute atomic E-state index is 11.5. The van der Waals surface area contributed by atoms with Gasteiger partial charge in [-0.3, -0.25) is 9.48 Å². The number of hydrogen-bond acceptors (Lipinski definition) is 2. The maximum atomic E-state index is 11.5. The normalized spacial score (nSPS) is 27.4. The molecule has 0 spiro atoms. The molecule has 0 aliphatic heterocycles. The molecule has 0 amide bonds. The Hall–Kier alpha value is -1.32. The Morgan fingerprint density at radius 1 is 1.47 bits per heavy atom. The van der Waals surface area contributed by atoms with Crippen molar-refractivity contribution in [1.29, 1.82) is 0 Å². The largest absolute Gasteiger partial charge is 0.481 e. The third kappa shape index (κ3) is 2.99. The highest BCUT2D eigenvalue weighted by Crippen LogP contribution is 2.42. The van der Waals surface area contributed by atoms with Crippen LogP contribution < -0.4 is 0 Å². The molecular weight excluding hydrogens is 240 g/mol. The summed E-state index contributed by atoms with van der Waals surface area (Å²) < 4.78 is 1.95. The summed E-state index contributed by atoms with van der Waals surface area (Å²) in [6.07, 6.45) is 7.05. The number of carboxylic acids is 1. The second-order valence-electron chi connectivity index (χ2n) is 5.59. The van der Waals surface area contributed by atoms with E-state index in [4.69, 9.17) is 0 Å². The quantitative estimate of drug-likeness (QED) is 0.887. The fraction of sp³-hybridized carbons (Fsp3) is 0.733. The van der Waals surface area contributed by atoms with Crippen molar-refractivity contribution >= 4 is 5.97 Å². The van der Waals surface area contributed by atoms with Crippen molar-refractivity contribution in [3.05, 3.63) is 18.0 Å². The fourth-order valence-electron chi connectivity index (χ4n) is 3.47. The molecule has 3 atom stereocenters. The zero-order valence-electron chi connectivity index (χ0n) is 11.9. The number of aromatic nitrogens is 2. The molecule has 1 aliphatic rings. The van der Waals surface area contributed by atoms with Crippen molar-refractivity contribution in [3.8, 4) is 0 Å². The Morgan fingerprint density at radius 3 is 2.89 bits per heavy atom. The Morgan fingerprint density at radius 2 is 2.26 bits per heavy atom. The average Bonchev–Trinajstić information content (AvgIpc) is 2.86. The van der Waals surface area contributed by atoms with Crippen LogP contribution in [0.15, 0.2) is 12.3 Å². The van der Waals surface area contributed by atoms with Gasteiger partial charge in [0.15, 0.2) is 0 Å². The molecule has 0 saturated heterocycles. The molecule has 1 aromatic heterocycles. The highest BCUT2D eigenvalue weighted by molar-refractivity contribution is 5.71. The van der Waals surface area contributed by atoms with Gasteiger partial charge < -0.3 is 5.11 Å². The Kier molecular flexibility index (Phi) is 4.61. The van der Waals surface area contributed by atoms with E-state index in [-0.39, 0.29) is 11.8 Å². The third-order valence-electron chi connectivity index (χ3n) is 4.40. The number of nitrogens with zero attached hydrogens (tertiary/aromatic N) is 2. The number of rotatable bonds is 5. The Bertz CT molecular complexity index is 428. The minimum absolute atomic E-state index is 0.130. The molecule has 1 N–H and O–H groups in total. The highest BCUT2D eigenvalue weighted by Gasteiger charge is 2.37. The molecule has 1 aromatic rings. The maximum Gasteiger partial charge on any atom is 0.307 e. The first-order valence-corrected chi connectivity index (χ1v) is 7.41. The summed E-state index contributed by atoms with van der Waals surface area (Å²) in [6, 6.07) is 2.00. The Balaban J connectivity index is 2.22. The number of aliphatic carboxylic acids is 1. The van der Waals surface area contributed by atoms with Gasteiger partial charge in [-0.25, -0.2) is 0 Å². The van der Waals surface area contributed by atoms with Gasteiger partial charge in [0.05, 0.1) is 5.92 Å². The SMILES string of the molecule is CCCC1CCC(C(=O)O)C(c2ccnn2CC)C1. The van der Waals surface area contributed by atoms with Crippen molar-refractivity contribution in [2.24, 2.45) is 11.8 Å². The summed E-state index contributed by atoms with van der Waals surface area (Å²) in [5.41, 5.74) is 1.11. The molecule has 0 radical (unpaired) electrons. The number of carbonyl (C=O) groups is 1. The molecular formula is C15H24N2O2. The van der Waals surface area contributed by atoms with Crippen molar-refractivity contribution in [3.63, 3.8) is 0 Å². The van der Waals surface area contributed by atoms with Crippen LogP contribution in [0.3, 0.4) is 0 Å². The molecule has 1 fully saturated rings. The van der Waals surface area contributed by atoms with E-state index in [9.17, 15) is 9.90 Å². The molecule has 3 unspecified atom stereocenters. The minimum Gasteiger partial charge on any atom is -0.481 e. The summed E-state index contributed by atoms with van der Waals surface area (Å²) >= 11 is 0. The molecule has 19 heavy (non-hydrogen) atoms. The molecule has 1 saturated carbocycles. The van der Waals surface area contributed by atoms with Crippen LogP contribution in [0.4, 0.5) is 0 Å². The molecule has 1 aliphatic carbocycles. The number of aryl methyl sites for hydroxylation is 1. The van der Waals surface area contributed by atoms with E-state index in [0.717, 1.165) is 31.5 Å². The smallest absolute Gasteiger partial charge is 0.307 e. The number of hydrogen-bond donors (Lipinski definition) is 1. The van der Waals surface area contributed by atoms with E-state index < -0.39 is 5.97 Å². The molecule has 106 valence electrons. The van der Waals surface area contributed by atoms with Gasteiger partial charge in [-0.1, -0.05) is 19.8 Å². The van der Waals surface area contributed by atoms with Gasteiger partial charge in [-0.2, -0.15) is 5.10 Å². The monoisotopic (exact) mass is 264 g/mol. The van der Waals surface area contributed by atoms with Crippen LogP contribution in [0, 0.1) is 11.8 Å². The third-order valence-corrected chi connectivity index (χ3v) is 4.40. The number of carboxylic acid groups (broad SMARTS) is 1. The van der Waals surface area contributed by atoms with E-state index in [1.54, 1.807) is 6.20 Å². The summed E-state index contributed by atoms with van der Waals surface area (Å²) in [5.74, 6) is -0.0880. The van der Waals surface area contributed by atoms with E-state index in [1.807, 2.05) is 10.7 Å². The van der Waals surface area contributed by atoms with Gasteiger partial charge in [0.25, 0.3) is 0 Å². The van der Waals surface area contributed by atoms with Crippen molar-refractivity contribution in [2.45, 2.75) is 58.4 Å². The zero-order valence-corrected chi connectivity index (χ0v) is 11.9. The second kappa shape index (κ2) is 6.22. The van der Waals surface area contributed by atoms with E-state index in [0.29, 0.717) is 5.92 Å². The van der Waals surface area contributed by atoms with Crippen LogP contribution in [0.2, 0.25) is 0 Å². The molecule has 2 rings (SSSR count). The molecule has 0 aromatic carbocycles. The van der Waals surface area contributed by atoms with E-state index >= 15 is 0 Å². The molecule has 4 nitrogen and oxygen atoms in total. The molecule has 0 bridgehead atoms. The van der Waals surface area contributed by atoms with E-state index in [1.165, 1.54) is 12.8 Å². The van der Waals surface area contributed by atoms with Crippen LogP contribution in [0.25, 0.3) is 0 Å². The van der Waals surface area contributed by atoms with Crippen LogP contribution in [0.1, 0.15) is 57.6 Å². The minimum atomic E-state index is -0.649. The van der Waals surface area contributed by atoms with Crippen LogP contribution in [-0.4, -0.2) is 20.9 Å². The lowest BCUT2D eigenvalue weighted by Crippen LogP contribution is -2.30. The van der Waals surface area contributed by atoms with E-state index in [2.05, 4.69) is 18.9 Å². The molecule has 1 heterocycles. The van der Waals surface area contributed by atoms with Crippen molar-refractivity contribution in [2.75, 3.05) is 0 Å². The topological polar surface area (TPSA) is 55.1 Å². The summed E-state index contributed by atoms with van der Waals surface area (Å²) in [6.45, 7) is 5.07. The predicted molar refractivity (Wildman–Crippen MR) is 74.0 cm³/mol. The van der Waals surface area contributed by atoms with Gasteiger partial charge in [0.2, 0.25) is 0 Å². The first kappa shape index (κ1) is 14.1. The standard InChI is InChI=1S/C15H24N2O2/c1-3-5-11-6-7-12(15(18)19)13(10-11)14-8-9-16-17(14)4-2/h8-9,11-13H,3-7,10H2,1-2H3,(H,18,19). The fourth-order valence-corrected chi connectivity index (χ4v) is 3.47. The summed E-state index contributed by atoms with van der Waals surface area (Å²) in [5, 5.41) is 13.8. The van der Waals surface area contributed by atoms with Gasteiger partial charge in [-0.15, -0.1) is 0 Å². The average molecular weight is 264 g/mol. The first-order valence-electron chi connectivity index (χ1n) is 7.41. The molecule has 4 heteroatoms. The van der Waals surface area contributed by atoms with Gasteiger partial charge >= 0.3 is 5.97 Å². The highest BCUT2D eigenvalue weighted by atomic mass is 16.4. The zero-order chi connectivity index (χ0) is 13.8. The lowest BCUT2D eigenvalue weighted by molar-refractivity contribution is -0.144. The second-order valence-corrected chi connectivity index (χ2v) is 5.59. The first-order chi connectivity index (χ1) is 9.17. The van der Waals surface area contributed by atoms with Crippen molar-refractivity contribution < 1.29 is 9.90 Å². The van der Waals surface area contributed by atoms with Gasteiger partial charge in [0.1, 0.15) is 0 Å².